The first-order valence-corrected chi connectivity index (χ1v) is 7.64. The van der Waals surface area contributed by atoms with Crippen molar-refractivity contribution in [2.75, 3.05) is 5.32 Å². The number of Topliss-reactive ketones (excluding diaryl/α,β-unsaturated/α-hetero) is 1. The monoisotopic (exact) mass is 271 g/mol. The van der Waals surface area contributed by atoms with Crippen LogP contribution in [0.2, 0.25) is 0 Å². The Hall–Kier alpha value is -0.620. The zero-order chi connectivity index (χ0) is 12.3. The lowest BCUT2D eigenvalue weighted by Crippen LogP contribution is -2.21. The van der Waals surface area contributed by atoms with Crippen LogP contribution in [0.5, 0.6) is 0 Å². The van der Waals surface area contributed by atoms with E-state index in [2.05, 4.69) is 29.4 Å². The van der Waals surface area contributed by atoms with E-state index in [0.717, 1.165) is 35.2 Å². The molecule has 0 unspecified atom stereocenters. The molecule has 1 aromatic rings. The van der Waals surface area contributed by atoms with E-state index < -0.39 is 0 Å². The van der Waals surface area contributed by atoms with Gasteiger partial charge in [0.15, 0.2) is 4.34 Å². The van der Waals surface area contributed by atoms with Crippen LogP contribution in [-0.4, -0.2) is 27.3 Å². The molecule has 0 aliphatic heterocycles. The maximum absolute atomic E-state index is 11.7. The summed E-state index contributed by atoms with van der Waals surface area (Å²) >= 11 is 3.11. The van der Waals surface area contributed by atoms with E-state index in [1.54, 1.807) is 11.8 Å². The molecule has 0 amide bonds. The molecule has 1 atom stereocenters. The van der Waals surface area contributed by atoms with Crippen molar-refractivity contribution in [1.29, 1.82) is 0 Å². The van der Waals surface area contributed by atoms with Gasteiger partial charge in [-0.15, -0.1) is 10.2 Å². The summed E-state index contributed by atoms with van der Waals surface area (Å²) in [6, 6.07) is 0.358. The van der Waals surface area contributed by atoms with Gasteiger partial charge in [0.25, 0.3) is 0 Å². The Bertz CT molecular complexity index is 392. The molecule has 6 heteroatoms. The summed E-state index contributed by atoms with van der Waals surface area (Å²) in [7, 11) is 0. The Morgan fingerprint density at radius 3 is 2.94 bits per heavy atom. The number of carbonyl (C=O) groups excluding carboxylic acids is 1. The number of nitrogens with zero attached hydrogens (tertiary/aromatic N) is 2. The number of ketones is 1. The summed E-state index contributed by atoms with van der Waals surface area (Å²) in [5.41, 5.74) is 0. The van der Waals surface area contributed by atoms with Crippen LogP contribution in [0, 0.1) is 0 Å². The zero-order valence-corrected chi connectivity index (χ0v) is 11.7. The number of hydrogen-bond acceptors (Lipinski definition) is 6. The molecule has 4 nitrogen and oxygen atoms in total. The lowest BCUT2D eigenvalue weighted by atomic mass is 9.99. The van der Waals surface area contributed by atoms with Crippen LogP contribution in [-0.2, 0) is 4.79 Å². The highest BCUT2D eigenvalue weighted by molar-refractivity contribution is 8.02. The summed E-state index contributed by atoms with van der Waals surface area (Å²) in [6.45, 7) is 4.14. The molecule has 17 heavy (non-hydrogen) atoms. The molecule has 1 fully saturated rings. The number of aromatic nitrogens is 2. The first kappa shape index (κ1) is 12.8. The molecular formula is C11H17N3OS2. The second-order valence-electron chi connectivity index (χ2n) is 4.49. The second kappa shape index (κ2) is 5.82. The van der Waals surface area contributed by atoms with Crippen molar-refractivity contribution in [1.82, 2.24) is 10.2 Å². The fraction of sp³-hybridized carbons (Fsp3) is 0.727. The van der Waals surface area contributed by atoms with Gasteiger partial charge in [-0.25, -0.2) is 0 Å². The molecule has 0 bridgehead atoms. The van der Waals surface area contributed by atoms with Crippen molar-refractivity contribution < 1.29 is 4.79 Å². The molecule has 0 radical (unpaired) electrons. The van der Waals surface area contributed by atoms with Crippen LogP contribution >= 0.6 is 23.1 Å². The van der Waals surface area contributed by atoms with Crippen molar-refractivity contribution in [2.45, 2.75) is 55.2 Å². The van der Waals surface area contributed by atoms with Crippen LogP contribution in [0.1, 0.15) is 39.5 Å². The molecule has 0 spiro atoms. The van der Waals surface area contributed by atoms with Crippen LogP contribution in [0.4, 0.5) is 5.13 Å². The van der Waals surface area contributed by atoms with Crippen LogP contribution in [0.25, 0.3) is 0 Å². The predicted octanol–water partition coefficient (Wildman–Crippen LogP) is 2.96. The third-order valence-corrected chi connectivity index (χ3v) is 4.81. The third-order valence-electron chi connectivity index (χ3n) is 2.56. The summed E-state index contributed by atoms with van der Waals surface area (Å²) < 4.78 is 0.897. The molecule has 94 valence electrons. The molecule has 1 aliphatic rings. The smallest absolute Gasteiger partial charge is 0.206 e. The van der Waals surface area contributed by atoms with E-state index >= 15 is 0 Å². The first-order valence-electron chi connectivity index (χ1n) is 5.94. The number of carbonyl (C=O) groups is 1. The standard InChI is InChI=1S/C11H17N3OS2/c1-7(2)12-10-13-14-11(17-10)16-9-6-4-3-5-8(9)15/h7,9H,3-6H2,1-2H3,(H,12,13)/t9-/m0/s1. The van der Waals surface area contributed by atoms with Crippen molar-refractivity contribution in [2.24, 2.45) is 0 Å². The molecule has 1 saturated carbocycles. The minimum Gasteiger partial charge on any atom is -0.358 e. The van der Waals surface area contributed by atoms with E-state index in [9.17, 15) is 4.79 Å². The van der Waals surface area contributed by atoms with Crippen LogP contribution in [0.15, 0.2) is 4.34 Å². The average molecular weight is 271 g/mol. The Morgan fingerprint density at radius 2 is 2.24 bits per heavy atom. The highest BCUT2D eigenvalue weighted by Crippen LogP contribution is 2.34. The number of rotatable bonds is 4. The maximum Gasteiger partial charge on any atom is 0.206 e. The highest BCUT2D eigenvalue weighted by Gasteiger charge is 2.24. The number of nitrogens with one attached hydrogen (secondary N) is 1. The molecule has 1 aliphatic carbocycles. The molecular weight excluding hydrogens is 254 g/mol. The van der Waals surface area contributed by atoms with Gasteiger partial charge < -0.3 is 5.32 Å². The lowest BCUT2D eigenvalue weighted by molar-refractivity contribution is -0.119. The van der Waals surface area contributed by atoms with Gasteiger partial charge in [0, 0.05) is 12.5 Å². The normalized spacial score (nSPS) is 20.9. The average Bonchev–Trinajstić information content (AvgIpc) is 2.68. The summed E-state index contributed by atoms with van der Waals surface area (Å²) in [5, 5.41) is 12.3. The minimum absolute atomic E-state index is 0.101. The lowest BCUT2D eigenvalue weighted by Gasteiger charge is -2.18. The Balaban J connectivity index is 1.93. The van der Waals surface area contributed by atoms with E-state index in [0.29, 0.717) is 11.8 Å². The molecule has 0 saturated heterocycles. The zero-order valence-electron chi connectivity index (χ0n) is 10.1. The largest absolute Gasteiger partial charge is 0.358 e. The molecule has 0 aromatic carbocycles. The van der Waals surface area contributed by atoms with Crippen LogP contribution < -0.4 is 5.32 Å². The van der Waals surface area contributed by atoms with E-state index in [-0.39, 0.29) is 5.25 Å². The number of thioether (sulfide) groups is 1. The van der Waals surface area contributed by atoms with Crippen molar-refractivity contribution in [3.05, 3.63) is 0 Å². The van der Waals surface area contributed by atoms with Gasteiger partial charge in [-0.05, 0) is 26.7 Å². The van der Waals surface area contributed by atoms with Gasteiger partial charge in [-0.3, -0.25) is 4.79 Å². The van der Waals surface area contributed by atoms with Crippen LogP contribution in [0.3, 0.4) is 0 Å². The van der Waals surface area contributed by atoms with E-state index in [1.807, 2.05) is 0 Å². The SMILES string of the molecule is CC(C)Nc1nnc(S[C@H]2CCCCC2=O)s1. The molecule has 2 rings (SSSR count). The summed E-state index contributed by atoms with van der Waals surface area (Å²) in [5.74, 6) is 0.370. The topological polar surface area (TPSA) is 54.9 Å². The maximum atomic E-state index is 11.7. The first-order chi connectivity index (χ1) is 8.15. The van der Waals surface area contributed by atoms with Crippen molar-refractivity contribution in [3.8, 4) is 0 Å². The molecule has 1 heterocycles. The van der Waals surface area contributed by atoms with Gasteiger partial charge in [0.2, 0.25) is 5.13 Å². The Kier molecular flexibility index (Phi) is 4.39. The number of anilines is 1. The van der Waals surface area contributed by atoms with Crippen molar-refractivity contribution >= 4 is 34.0 Å². The van der Waals surface area contributed by atoms with Gasteiger partial charge in [-0.1, -0.05) is 29.5 Å². The summed E-state index contributed by atoms with van der Waals surface area (Å²) in [6.07, 6.45) is 3.91. The predicted molar refractivity (Wildman–Crippen MR) is 71.8 cm³/mol. The van der Waals surface area contributed by atoms with E-state index in [4.69, 9.17) is 0 Å². The van der Waals surface area contributed by atoms with E-state index in [1.165, 1.54) is 11.3 Å². The molecule has 1 N–H and O–H groups in total. The highest BCUT2D eigenvalue weighted by atomic mass is 32.2. The third kappa shape index (κ3) is 3.67. The summed E-state index contributed by atoms with van der Waals surface area (Å²) in [4.78, 5) is 11.7. The van der Waals surface area contributed by atoms with Gasteiger partial charge in [0.05, 0.1) is 5.25 Å². The van der Waals surface area contributed by atoms with Gasteiger partial charge >= 0.3 is 0 Å². The molecule has 1 aromatic heterocycles. The minimum atomic E-state index is 0.101. The van der Waals surface area contributed by atoms with Gasteiger partial charge in [-0.2, -0.15) is 0 Å². The fourth-order valence-corrected chi connectivity index (χ4v) is 4.03. The fourth-order valence-electron chi connectivity index (χ4n) is 1.76. The van der Waals surface area contributed by atoms with Gasteiger partial charge in [0.1, 0.15) is 5.78 Å². The quantitative estimate of drug-likeness (QED) is 0.912. The second-order valence-corrected chi connectivity index (χ2v) is 6.92. The number of hydrogen-bond donors (Lipinski definition) is 1. The Morgan fingerprint density at radius 1 is 1.41 bits per heavy atom. The Labute approximate surface area is 110 Å². The van der Waals surface area contributed by atoms with Crippen molar-refractivity contribution in [3.63, 3.8) is 0 Å².